The van der Waals surface area contributed by atoms with Crippen LogP contribution in [0.4, 0.5) is 0 Å². The average Bonchev–Trinajstić information content (AvgIpc) is 3.31. The average molecular weight is 430 g/mol. The zero-order valence-corrected chi connectivity index (χ0v) is 19.2. The zero-order valence-electron chi connectivity index (χ0n) is 17.6. The second-order valence-corrected chi connectivity index (χ2v) is 12.0. The van der Waals surface area contributed by atoms with Crippen LogP contribution in [-0.2, 0) is 17.8 Å². The molecular weight excluding hydrogens is 398 g/mol. The number of benzene rings is 1. The van der Waals surface area contributed by atoms with E-state index >= 15 is 0 Å². The van der Waals surface area contributed by atoms with Crippen LogP contribution in [0.2, 0.25) is 0 Å². The van der Waals surface area contributed by atoms with Gasteiger partial charge in [-0.3, -0.25) is 9.69 Å². The first-order valence-corrected chi connectivity index (χ1v) is 12.3. The lowest BCUT2D eigenvalue weighted by molar-refractivity contribution is -0.123. The first kappa shape index (κ1) is 20.9. The van der Waals surface area contributed by atoms with E-state index in [2.05, 4.69) is 60.2 Å². The third-order valence-corrected chi connectivity index (χ3v) is 7.76. The van der Waals surface area contributed by atoms with Crippen molar-refractivity contribution in [1.82, 2.24) is 15.2 Å². The van der Waals surface area contributed by atoms with Crippen LogP contribution in [0.5, 0.6) is 0 Å². The van der Waals surface area contributed by atoms with Crippen molar-refractivity contribution in [2.75, 3.05) is 13.1 Å². The first-order valence-electron chi connectivity index (χ1n) is 10.6. The van der Waals surface area contributed by atoms with E-state index in [1.54, 1.807) is 11.3 Å². The highest BCUT2D eigenvalue weighted by atomic mass is 32.2. The van der Waals surface area contributed by atoms with E-state index in [1.807, 2.05) is 17.3 Å². The Morgan fingerprint density at radius 1 is 1.31 bits per heavy atom. The highest BCUT2D eigenvalue weighted by Gasteiger charge is 2.32. The lowest BCUT2D eigenvalue weighted by Gasteiger charge is -2.24. The number of likely N-dealkylation sites (tertiary alicyclic amines) is 1. The molecule has 0 spiro atoms. The van der Waals surface area contributed by atoms with Gasteiger partial charge in [-0.2, -0.15) is 0 Å². The van der Waals surface area contributed by atoms with Crippen LogP contribution < -0.4 is 5.32 Å². The zero-order chi connectivity index (χ0) is 20.4. The van der Waals surface area contributed by atoms with Gasteiger partial charge in [-0.25, -0.2) is 4.98 Å². The number of carbonyl (C=O) groups excluding carboxylic acids is 1. The van der Waals surface area contributed by atoms with Gasteiger partial charge in [0.25, 0.3) is 0 Å². The second-order valence-electron chi connectivity index (χ2n) is 9.16. The molecule has 2 aromatic rings. The predicted molar refractivity (Wildman–Crippen MR) is 122 cm³/mol. The van der Waals surface area contributed by atoms with Crippen molar-refractivity contribution in [3.05, 3.63) is 45.9 Å². The Kier molecular flexibility index (Phi) is 6.32. The van der Waals surface area contributed by atoms with Gasteiger partial charge < -0.3 is 5.32 Å². The van der Waals surface area contributed by atoms with Crippen molar-refractivity contribution >= 4 is 29.0 Å². The van der Waals surface area contributed by atoms with Crippen LogP contribution in [0, 0.1) is 0 Å². The standard InChI is InChI=1S/C23H31N3OS2/c1-23(2,3)29-19-9-5-4-7-16(19)13-26-12-11-17(14-26)25-22(27)18-8-6-10-20-21(18)24-15-28-20/h4-5,7,9,15,17-18H,6,8,10-14H2,1-3H3,(H,25,27). The molecule has 2 atom stereocenters. The smallest absolute Gasteiger partial charge is 0.229 e. The molecule has 156 valence electrons. The minimum Gasteiger partial charge on any atom is -0.351 e. The van der Waals surface area contributed by atoms with Crippen LogP contribution >= 0.6 is 23.1 Å². The maximum Gasteiger partial charge on any atom is 0.229 e. The lowest BCUT2D eigenvalue weighted by atomic mass is 9.90. The van der Waals surface area contributed by atoms with Gasteiger partial charge in [0.15, 0.2) is 0 Å². The molecular formula is C23H31N3OS2. The summed E-state index contributed by atoms with van der Waals surface area (Å²) in [5.41, 5.74) is 4.31. The Morgan fingerprint density at radius 2 is 2.14 bits per heavy atom. The van der Waals surface area contributed by atoms with Crippen LogP contribution in [-0.4, -0.2) is 39.7 Å². The lowest BCUT2D eigenvalue weighted by Crippen LogP contribution is -2.40. The minimum absolute atomic E-state index is 0.0528. The van der Waals surface area contributed by atoms with E-state index in [1.165, 1.54) is 15.3 Å². The van der Waals surface area contributed by atoms with Crippen LogP contribution in [0.25, 0.3) is 0 Å². The van der Waals surface area contributed by atoms with Crippen LogP contribution in [0.3, 0.4) is 0 Å². The summed E-state index contributed by atoms with van der Waals surface area (Å²) in [6, 6.07) is 8.97. The number of nitrogens with one attached hydrogen (secondary N) is 1. The van der Waals surface area contributed by atoms with E-state index < -0.39 is 0 Å². The number of carbonyl (C=O) groups is 1. The van der Waals surface area contributed by atoms with Gasteiger partial charge in [-0.1, -0.05) is 39.0 Å². The largest absolute Gasteiger partial charge is 0.351 e. The molecule has 1 amide bonds. The maximum atomic E-state index is 12.9. The molecule has 2 aliphatic rings. The van der Waals surface area contributed by atoms with Crippen molar-refractivity contribution in [2.24, 2.45) is 0 Å². The number of hydrogen-bond acceptors (Lipinski definition) is 5. The van der Waals surface area contributed by atoms with Crippen molar-refractivity contribution in [3.8, 4) is 0 Å². The third-order valence-electron chi connectivity index (χ3n) is 5.62. The summed E-state index contributed by atoms with van der Waals surface area (Å²) in [6.45, 7) is 9.69. The molecule has 6 heteroatoms. The molecule has 1 aromatic carbocycles. The van der Waals surface area contributed by atoms with Gasteiger partial charge in [0.2, 0.25) is 5.91 Å². The van der Waals surface area contributed by atoms with Gasteiger partial charge in [0.05, 0.1) is 17.1 Å². The van der Waals surface area contributed by atoms with E-state index in [4.69, 9.17) is 0 Å². The number of thioether (sulfide) groups is 1. The van der Waals surface area contributed by atoms with Gasteiger partial charge in [-0.15, -0.1) is 23.1 Å². The molecule has 0 radical (unpaired) electrons. The van der Waals surface area contributed by atoms with Gasteiger partial charge >= 0.3 is 0 Å². The van der Waals surface area contributed by atoms with Gasteiger partial charge in [0.1, 0.15) is 0 Å². The molecule has 0 saturated carbocycles. The SMILES string of the molecule is CC(C)(C)Sc1ccccc1CN1CCC(NC(=O)C2CCCc3scnc32)C1. The quantitative estimate of drug-likeness (QED) is 0.691. The van der Waals surface area contributed by atoms with Crippen molar-refractivity contribution in [2.45, 2.75) is 74.6 Å². The summed E-state index contributed by atoms with van der Waals surface area (Å²) in [7, 11) is 0. The Bertz CT molecular complexity index is 858. The summed E-state index contributed by atoms with van der Waals surface area (Å²) in [4.78, 5) is 22.6. The topological polar surface area (TPSA) is 45.2 Å². The monoisotopic (exact) mass is 429 g/mol. The highest BCUT2D eigenvalue weighted by Crippen LogP contribution is 2.35. The molecule has 4 nitrogen and oxygen atoms in total. The molecule has 1 aliphatic heterocycles. The Balaban J connectivity index is 1.34. The van der Waals surface area contributed by atoms with E-state index in [0.29, 0.717) is 0 Å². The van der Waals surface area contributed by atoms with Crippen LogP contribution in [0.15, 0.2) is 34.7 Å². The van der Waals surface area contributed by atoms with Crippen molar-refractivity contribution in [3.63, 3.8) is 0 Å². The predicted octanol–water partition coefficient (Wildman–Crippen LogP) is 4.84. The number of amides is 1. The molecule has 1 fully saturated rings. The summed E-state index contributed by atoms with van der Waals surface area (Å²) >= 11 is 3.63. The number of hydrogen-bond donors (Lipinski definition) is 1. The van der Waals surface area contributed by atoms with E-state index in [0.717, 1.165) is 51.0 Å². The van der Waals surface area contributed by atoms with Gasteiger partial charge in [-0.05, 0) is 37.3 Å². The summed E-state index contributed by atoms with van der Waals surface area (Å²) < 4.78 is 0.201. The molecule has 1 saturated heterocycles. The Hall–Kier alpha value is -1.37. The Labute approximate surface area is 182 Å². The fraction of sp³-hybridized carbons (Fsp3) is 0.565. The molecule has 1 N–H and O–H groups in total. The molecule has 2 heterocycles. The van der Waals surface area contributed by atoms with E-state index in [9.17, 15) is 4.79 Å². The summed E-state index contributed by atoms with van der Waals surface area (Å²) in [5, 5.41) is 3.33. The minimum atomic E-state index is -0.0528. The molecule has 1 aliphatic carbocycles. The molecule has 1 aromatic heterocycles. The fourth-order valence-electron chi connectivity index (χ4n) is 4.31. The molecule has 2 unspecified atom stereocenters. The summed E-state index contributed by atoms with van der Waals surface area (Å²) in [5.74, 6) is 0.121. The number of nitrogens with zero attached hydrogens (tertiary/aromatic N) is 2. The first-order chi connectivity index (χ1) is 13.9. The summed E-state index contributed by atoms with van der Waals surface area (Å²) in [6.07, 6.45) is 4.12. The fourth-order valence-corrected chi connectivity index (χ4v) is 6.25. The van der Waals surface area contributed by atoms with Crippen LogP contribution in [0.1, 0.15) is 62.1 Å². The van der Waals surface area contributed by atoms with Gasteiger partial charge in [0, 0.05) is 40.2 Å². The third kappa shape index (κ3) is 5.22. The number of fused-ring (bicyclic) bond motifs is 1. The van der Waals surface area contributed by atoms with Crippen molar-refractivity contribution < 1.29 is 4.79 Å². The highest BCUT2D eigenvalue weighted by molar-refractivity contribution is 8.00. The Morgan fingerprint density at radius 3 is 2.97 bits per heavy atom. The normalized spacial score (nSPS) is 22.4. The number of thiazole rings is 1. The van der Waals surface area contributed by atoms with Crippen molar-refractivity contribution in [1.29, 1.82) is 0 Å². The number of aromatic nitrogens is 1. The molecule has 0 bridgehead atoms. The maximum absolute atomic E-state index is 12.9. The molecule has 4 rings (SSSR count). The van der Waals surface area contributed by atoms with E-state index in [-0.39, 0.29) is 22.6 Å². The second kappa shape index (κ2) is 8.78. The number of aryl methyl sites for hydroxylation is 1. The molecule has 29 heavy (non-hydrogen) atoms. The number of rotatable bonds is 5.